The molecule has 0 unspecified atom stereocenters. The highest BCUT2D eigenvalue weighted by molar-refractivity contribution is 5.85. The first-order chi connectivity index (χ1) is 16.3. The molecule has 0 bridgehead atoms. The topological polar surface area (TPSA) is 55.8 Å². The molecule has 2 aliphatic rings. The molecule has 0 aliphatic carbocycles. The van der Waals surface area contributed by atoms with Crippen LogP contribution in [0.4, 0.5) is 18.9 Å². The number of hydrogen-bond donors (Lipinski definition) is 2. The summed E-state index contributed by atoms with van der Waals surface area (Å²) in [5.41, 5.74) is 0.0202. The minimum Gasteiger partial charge on any atom is -0.380 e. The Morgan fingerprint density at radius 3 is 2.24 bits per heavy atom. The van der Waals surface area contributed by atoms with Gasteiger partial charge in [-0.2, -0.15) is 0 Å². The van der Waals surface area contributed by atoms with Crippen LogP contribution in [0.1, 0.15) is 37.7 Å². The zero-order valence-electron chi connectivity index (χ0n) is 19.3. The van der Waals surface area contributed by atoms with Crippen molar-refractivity contribution < 1.29 is 23.1 Å². The number of anilines is 1. The third-order valence-corrected chi connectivity index (χ3v) is 7.14. The smallest absolute Gasteiger partial charge is 0.252 e. The fourth-order valence-electron chi connectivity index (χ4n) is 4.92. The van der Waals surface area contributed by atoms with E-state index in [1.54, 1.807) is 4.90 Å². The van der Waals surface area contributed by atoms with Crippen LogP contribution in [0.2, 0.25) is 0 Å². The Bertz CT molecular complexity index is 950. The molecule has 0 atom stereocenters. The Morgan fingerprint density at radius 1 is 1.00 bits per heavy atom. The van der Waals surface area contributed by atoms with Gasteiger partial charge < -0.3 is 15.3 Å². The highest BCUT2D eigenvalue weighted by atomic mass is 19.2. The number of piperidine rings is 2. The number of rotatable bonds is 7. The molecule has 8 heteroatoms. The fraction of sp³-hybridized carbons (Fsp3) is 0.500. The molecule has 5 nitrogen and oxygen atoms in total. The number of carbonyl (C=O) groups excluding carboxylic acids is 1. The van der Waals surface area contributed by atoms with Crippen LogP contribution in [0.5, 0.6) is 0 Å². The summed E-state index contributed by atoms with van der Waals surface area (Å²) >= 11 is 0. The van der Waals surface area contributed by atoms with Gasteiger partial charge in [-0.1, -0.05) is 30.3 Å². The van der Waals surface area contributed by atoms with Crippen LogP contribution in [0.15, 0.2) is 42.5 Å². The van der Waals surface area contributed by atoms with Crippen LogP contribution < -0.4 is 10.2 Å². The third kappa shape index (κ3) is 5.91. The average molecular weight is 476 g/mol. The van der Waals surface area contributed by atoms with E-state index in [2.05, 4.69) is 34.5 Å². The van der Waals surface area contributed by atoms with Crippen LogP contribution in [-0.2, 0) is 11.3 Å². The average Bonchev–Trinajstić information content (AvgIpc) is 2.84. The first kappa shape index (κ1) is 24.5. The third-order valence-electron chi connectivity index (χ3n) is 7.14. The molecule has 34 heavy (non-hydrogen) atoms. The molecule has 4 rings (SSSR count). The molecule has 2 fully saturated rings. The number of hydrogen-bond acceptors (Lipinski definition) is 4. The van der Waals surface area contributed by atoms with Crippen LogP contribution in [0.25, 0.3) is 0 Å². The number of nitrogens with zero attached hydrogens (tertiary/aromatic N) is 2. The van der Waals surface area contributed by atoms with Gasteiger partial charge in [-0.05, 0) is 43.8 Å². The van der Waals surface area contributed by atoms with E-state index in [1.165, 1.54) is 5.56 Å². The molecular formula is C26H32F3N3O2. The fourth-order valence-corrected chi connectivity index (χ4v) is 4.92. The van der Waals surface area contributed by atoms with Gasteiger partial charge in [-0.15, -0.1) is 0 Å². The van der Waals surface area contributed by atoms with Crippen molar-refractivity contribution in [3.05, 3.63) is 65.5 Å². The van der Waals surface area contributed by atoms with Gasteiger partial charge in [0.05, 0.1) is 0 Å². The van der Waals surface area contributed by atoms with Gasteiger partial charge >= 0.3 is 0 Å². The lowest BCUT2D eigenvalue weighted by Gasteiger charge is -2.38. The maximum atomic E-state index is 13.5. The molecule has 0 aromatic heterocycles. The van der Waals surface area contributed by atoms with E-state index in [-0.39, 0.29) is 31.6 Å². The van der Waals surface area contributed by atoms with Crippen molar-refractivity contribution >= 4 is 11.6 Å². The lowest BCUT2D eigenvalue weighted by molar-refractivity contribution is -0.141. The zero-order chi connectivity index (χ0) is 24.1. The lowest BCUT2D eigenvalue weighted by atomic mass is 9.89. The minimum atomic E-state index is -1.51. The standard InChI is InChI=1S/C26H32F3N3O2/c27-22-16-21(17-23(28)24(22)29)32-14-9-26(34,10-15-32)25(33)30-11-6-19-7-12-31(13-8-19)18-20-4-2-1-3-5-20/h1-5,16-17,19,34H,6-15,18H2,(H,30,33). The Kier molecular flexibility index (Phi) is 7.78. The molecular weight excluding hydrogens is 443 g/mol. The van der Waals surface area contributed by atoms with E-state index < -0.39 is 29.0 Å². The van der Waals surface area contributed by atoms with Crippen molar-refractivity contribution in [1.82, 2.24) is 10.2 Å². The molecule has 2 saturated heterocycles. The Morgan fingerprint density at radius 2 is 1.62 bits per heavy atom. The minimum absolute atomic E-state index is 0.136. The normalized spacial score (nSPS) is 19.2. The number of likely N-dealkylation sites (tertiary alicyclic amines) is 1. The summed E-state index contributed by atoms with van der Waals surface area (Å²) in [4.78, 5) is 16.8. The molecule has 2 N–H and O–H groups in total. The predicted molar refractivity (Wildman–Crippen MR) is 125 cm³/mol. The molecule has 0 radical (unpaired) electrons. The molecule has 0 saturated carbocycles. The van der Waals surface area contributed by atoms with Gasteiger partial charge in [0, 0.05) is 56.8 Å². The van der Waals surface area contributed by atoms with Gasteiger partial charge in [0.2, 0.25) is 0 Å². The summed E-state index contributed by atoms with van der Waals surface area (Å²) < 4.78 is 40.3. The van der Waals surface area contributed by atoms with Crippen LogP contribution in [0, 0.1) is 23.4 Å². The van der Waals surface area contributed by atoms with Crippen molar-refractivity contribution in [1.29, 1.82) is 0 Å². The second-order valence-corrected chi connectivity index (χ2v) is 9.49. The number of carbonyl (C=O) groups is 1. The van der Waals surface area contributed by atoms with E-state index in [9.17, 15) is 23.1 Å². The second kappa shape index (κ2) is 10.8. The lowest BCUT2D eigenvalue weighted by Crippen LogP contribution is -2.54. The Balaban J connectivity index is 1.18. The molecule has 184 valence electrons. The molecule has 2 heterocycles. The first-order valence-corrected chi connectivity index (χ1v) is 12.0. The quantitative estimate of drug-likeness (QED) is 0.598. The van der Waals surface area contributed by atoms with Crippen LogP contribution in [0.3, 0.4) is 0 Å². The molecule has 2 aromatic rings. The monoisotopic (exact) mass is 475 g/mol. The molecule has 0 spiro atoms. The number of halogens is 3. The molecule has 2 aliphatic heterocycles. The van der Waals surface area contributed by atoms with Crippen molar-refractivity contribution in [2.45, 2.75) is 44.2 Å². The van der Waals surface area contributed by atoms with Gasteiger partial charge in [0.15, 0.2) is 17.5 Å². The highest BCUT2D eigenvalue weighted by Gasteiger charge is 2.39. The largest absolute Gasteiger partial charge is 0.380 e. The van der Waals surface area contributed by atoms with Crippen LogP contribution >= 0.6 is 0 Å². The van der Waals surface area contributed by atoms with Crippen LogP contribution in [-0.4, -0.2) is 54.2 Å². The number of nitrogens with one attached hydrogen (secondary N) is 1. The van der Waals surface area contributed by atoms with Crippen molar-refractivity contribution in [3.63, 3.8) is 0 Å². The zero-order valence-corrected chi connectivity index (χ0v) is 19.3. The SMILES string of the molecule is O=C(NCCC1CCN(Cc2ccccc2)CC1)C1(O)CCN(c2cc(F)c(F)c(F)c2)CC1. The van der Waals surface area contributed by atoms with E-state index in [1.807, 2.05) is 6.07 Å². The number of benzene rings is 2. The maximum Gasteiger partial charge on any atom is 0.252 e. The van der Waals surface area contributed by atoms with Crippen molar-refractivity contribution in [2.75, 3.05) is 37.6 Å². The van der Waals surface area contributed by atoms with E-state index in [0.717, 1.165) is 51.0 Å². The van der Waals surface area contributed by atoms with Crippen molar-refractivity contribution in [2.24, 2.45) is 5.92 Å². The van der Waals surface area contributed by atoms with E-state index >= 15 is 0 Å². The van der Waals surface area contributed by atoms with Crippen molar-refractivity contribution in [3.8, 4) is 0 Å². The van der Waals surface area contributed by atoms with Gasteiger partial charge in [-0.3, -0.25) is 9.69 Å². The summed E-state index contributed by atoms with van der Waals surface area (Å²) in [6.07, 6.45) is 3.33. The van der Waals surface area contributed by atoms with Gasteiger partial charge in [0.25, 0.3) is 5.91 Å². The maximum absolute atomic E-state index is 13.5. The Labute approximate surface area is 198 Å². The van der Waals surface area contributed by atoms with E-state index in [0.29, 0.717) is 12.5 Å². The second-order valence-electron chi connectivity index (χ2n) is 9.49. The number of amides is 1. The summed E-state index contributed by atoms with van der Waals surface area (Å²) in [6, 6.07) is 12.3. The van der Waals surface area contributed by atoms with Gasteiger partial charge in [0.1, 0.15) is 5.60 Å². The summed E-state index contributed by atoms with van der Waals surface area (Å²) in [7, 11) is 0. The Hall–Kier alpha value is -2.58. The predicted octanol–water partition coefficient (Wildman–Crippen LogP) is 3.85. The highest BCUT2D eigenvalue weighted by Crippen LogP contribution is 2.29. The first-order valence-electron chi connectivity index (χ1n) is 12.0. The van der Waals surface area contributed by atoms with Gasteiger partial charge in [-0.25, -0.2) is 13.2 Å². The summed E-state index contributed by atoms with van der Waals surface area (Å²) in [5.74, 6) is -3.85. The summed E-state index contributed by atoms with van der Waals surface area (Å²) in [5, 5.41) is 13.7. The summed E-state index contributed by atoms with van der Waals surface area (Å²) in [6.45, 7) is 4.05. The molecule has 1 amide bonds. The molecule has 2 aromatic carbocycles. The number of aliphatic hydroxyl groups is 1. The van der Waals surface area contributed by atoms with E-state index in [4.69, 9.17) is 0 Å².